The number of benzene rings is 2. The van der Waals surface area contributed by atoms with E-state index in [0.717, 1.165) is 34.3 Å². The second-order valence-corrected chi connectivity index (χ2v) is 8.43. The van der Waals surface area contributed by atoms with E-state index < -0.39 is 0 Å². The molecule has 0 aliphatic carbocycles. The lowest BCUT2D eigenvalue weighted by molar-refractivity contribution is 0.339. The monoisotopic (exact) mass is 444 g/mol. The highest BCUT2D eigenvalue weighted by atomic mass is 79.9. The molecule has 0 amide bonds. The van der Waals surface area contributed by atoms with Crippen LogP contribution in [0.2, 0.25) is 0 Å². The van der Waals surface area contributed by atoms with Gasteiger partial charge in [0.1, 0.15) is 5.75 Å². The van der Waals surface area contributed by atoms with E-state index in [4.69, 9.17) is 4.74 Å². The fraction of sp³-hybridized carbons (Fsp3) is 0.417. The van der Waals surface area contributed by atoms with Gasteiger partial charge >= 0.3 is 0 Å². The Morgan fingerprint density at radius 1 is 1.14 bits per heavy atom. The Balaban J connectivity index is 2.30. The van der Waals surface area contributed by atoms with Crippen molar-refractivity contribution in [2.24, 2.45) is 0 Å². The van der Waals surface area contributed by atoms with E-state index in [-0.39, 0.29) is 5.41 Å². The molecule has 3 nitrogen and oxygen atoms in total. The van der Waals surface area contributed by atoms with Crippen molar-refractivity contribution in [1.29, 1.82) is 0 Å². The Morgan fingerprint density at radius 2 is 1.89 bits per heavy atom. The maximum Gasteiger partial charge on any atom is 0.128 e. The maximum atomic E-state index is 5.88. The molecule has 0 radical (unpaired) electrons. The van der Waals surface area contributed by atoms with Gasteiger partial charge in [-0.05, 0) is 61.1 Å². The Labute approximate surface area is 178 Å². The molecule has 1 atom stereocenters. The molecule has 0 saturated heterocycles. The van der Waals surface area contributed by atoms with Crippen molar-refractivity contribution in [2.75, 3.05) is 38.0 Å². The van der Waals surface area contributed by atoms with Crippen LogP contribution in [0.1, 0.15) is 44.7 Å². The van der Waals surface area contributed by atoms with Gasteiger partial charge in [-0.15, -0.1) is 0 Å². The number of allylic oxidation sites excluding steroid dienone is 1. The van der Waals surface area contributed by atoms with Crippen molar-refractivity contribution in [3.8, 4) is 5.75 Å². The minimum absolute atomic E-state index is 0.0496. The quantitative estimate of drug-likeness (QED) is 0.463. The van der Waals surface area contributed by atoms with E-state index in [0.29, 0.717) is 6.61 Å². The second kappa shape index (κ2) is 10.0. The molecule has 0 aromatic heterocycles. The Bertz CT molecular complexity index is 816. The largest absolute Gasteiger partial charge is 0.493 e. The summed E-state index contributed by atoms with van der Waals surface area (Å²) in [6.45, 7) is 7.27. The van der Waals surface area contributed by atoms with Crippen LogP contribution in [0.3, 0.4) is 0 Å². The Hall–Kier alpha value is -1.94. The predicted molar refractivity (Wildman–Crippen MR) is 127 cm³/mol. The molecule has 0 heterocycles. The Morgan fingerprint density at radius 3 is 2.50 bits per heavy atom. The SMILES string of the molecule is CCOc1cc(N(C)C)ccc1/C=C/CC(C)(CC)c1cc(Br)ccc1NC. The van der Waals surface area contributed by atoms with Gasteiger partial charge in [0.25, 0.3) is 0 Å². The van der Waals surface area contributed by atoms with Gasteiger partial charge in [-0.1, -0.05) is 41.9 Å². The molecular formula is C24H33BrN2O. The maximum absolute atomic E-state index is 5.88. The van der Waals surface area contributed by atoms with Crippen LogP contribution >= 0.6 is 15.9 Å². The lowest BCUT2D eigenvalue weighted by Crippen LogP contribution is -2.21. The molecule has 4 heteroatoms. The average Bonchev–Trinajstić information content (AvgIpc) is 2.68. The Kier molecular flexibility index (Phi) is 7.99. The summed E-state index contributed by atoms with van der Waals surface area (Å²) < 4.78 is 6.99. The minimum Gasteiger partial charge on any atom is -0.493 e. The molecule has 0 aliphatic heterocycles. The van der Waals surface area contributed by atoms with E-state index in [2.05, 4.69) is 88.5 Å². The first-order valence-electron chi connectivity index (χ1n) is 9.93. The van der Waals surface area contributed by atoms with Gasteiger partial charge < -0.3 is 15.0 Å². The number of nitrogens with one attached hydrogen (secondary N) is 1. The molecule has 1 N–H and O–H groups in total. The molecule has 0 fully saturated rings. The third kappa shape index (κ3) is 5.32. The third-order valence-electron chi connectivity index (χ3n) is 5.36. The summed E-state index contributed by atoms with van der Waals surface area (Å²) in [5.74, 6) is 0.932. The predicted octanol–water partition coefficient (Wildman–Crippen LogP) is 6.73. The van der Waals surface area contributed by atoms with E-state index in [1.807, 2.05) is 28.1 Å². The molecule has 28 heavy (non-hydrogen) atoms. The molecule has 0 aliphatic rings. The number of rotatable bonds is 9. The number of hydrogen-bond acceptors (Lipinski definition) is 3. The second-order valence-electron chi connectivity index (χ2n) is 7.51. The summed E-state index contributed by atoms with van der Waals surface area (Å²) in [7, 11) is 6.08. The lowest BCUT2D eigenvalue weighted by Gasteiger charge is -2.30. The van der Waals surface area contributed by atoms with Crippen LogP contribution in [0.15, 0.2) is 46.9 Å². The van der Waals surface area contributed by atoms with E-state index >= 15 is 0 Å². The molecule has 0 bridgehead atoms. The van der Waals surface area contributed by atoms with Gasteiger partial charge in [0.2, 0.25) is 0 Å². The van der Waals surface area contributed by atoms with Gasteiger partial charge in [0.15, 0.2) is 0 Å². The van der Waals surface area contributed by atoms with Crippen LogP contribution in [-0.4, -0.2) is 27.7 Å². The number of ether oxygens (including phenoxy) is 1. The van der Waals surface area contributed by atoms with Crippen molar-refractivity contribution >= 4 is 33.4 Å². The third-order valence-corrected chi connectivity index (χ3v) is 5.85. The average molecular weight is 445 g/mol. The summed E-state index contributed by atoms with van der Waals surface area (Å²) in [6.07, 6.45) is 6.47. The summed E-state index contributed by atoms with van der Waals surface area (Å²) >= 11 is 3.63. The fourth-order valence-electron chi connectivity index (χ4n) is 3.34. The number of nitrogens with zero attached hydrogens (tertiary/aromatic N) is 1. The number of halogens is 1. The number of anilines is 2. The molecule has 2 aromatic rings. The topological polar surface area (TPSA) is 24.5 Å². The summed E-state index contributed by atoms with van der Waals surface area (Å²) in [6, 6.07) is 12.8. The lowest BCUT2D eigenvalue weighted by atomic mass is 9.76. The van der Waals surface area contributed by atoms with Crippen LogP contribution < -0.4 is 15.0 Å². The summed E-state index contributed by atoms with van der Waals surface area (Å²) in [5.41, 5.74) is 4.84. The molecular weight excluding hydrogens is 412 g/mol. The van der Waals surface area contributed by atoms with Crippen LogP contribution in [0.25, 0.3) is 6.08 Å². The van der Waals surface area contributed by atoms with E-state index in [9.17, 15) is 0 Å². The van der Waals surface area contributed by atoms with Gasteiger partial charge in [-0.3, -0.25) is 0 Å². The highest BCUT2D eigenvalue weighted by Gasteiger charge is 2.26. The first kappa shape index (κ1) is 22.4. The van der Waals surface area contributed by atoms with Crippen LogP contribution in [0, 0.1) is 0 Å². The minimum atomic E-state index is 0.0496. The smallest absolute Gasteiger partial charge is 0.128 e. The first-order chi connectivity index (χ1) is 13.3. The zero-order chi connectivity index (χ0) is 20.7. The fourth-order valence-corrected chi connectivity index (χ4v) is 3.71. The van der Waals surface area contributed by atoms with Crippen molar-refractivity contribution in [3.05, 3.63) is 58.1 Å². The standard InChI is InChI=1S/C24H33BrN2O/c1-7-24(3,21-16-19(25)12-14-22(21)26-4)15-9-10-18-11-13-20(27(5)6)17-23(18)28-8-2/h9-14,16-17,26H,7-8,15H2,1-6H3/b10-9+. The van der Waals surface area contributed by atoms with Crippen LogP contribution in [0.5, 0.6) is 5.75 Å². The molecule has 152 valence electrons. The molecule has 0 spiro atoms. The highest BCUT2D eigenvalue weighted by molar-refractivity contribution is 9.10. The first-order valence-corrected chi connectivity index (χ1v) is 10.7. The zero-order valence-electron chi connectivity index (χ0n) is 18.0. The van der Waals surface area contributed by atoms with Crippen molar-refractivity contribution in [3.63, 3.8) is 0 Å². The summed E-state index contributed by atoms with van der Waals surface area (Å²) in [5, 5.41) is 3.34. The van der Waals surface area contributed by atoms with Gasteiger partial charge in [-0.2, -0.15) is 0 Å². The number of hydrogen-bond donors (Lipinski definition) is 1. The van der Waals surface area contributed by atoms with Gasteiger partial charge in [0, 0.05) is 48.6 Å². The van der Waals surface area contributed by atoms with E-state index in [1.54, 1.807) is 0 Å². The molecule has 1 unspecified atom stereocenters. The van der Waals surface area contributed by atoms with Gasteiger partial charge in [0.05, 0.1) is 6.61 Å². The summed E-state index contributed by atoms with van der Waals surface area (Å²) in [4.78, 5) is 2.09. The van der Waals surface area contributed by atoms with Crippen molar-refractivity contribution < 1.29 is 4.74 Å². The molecule has 2 aromatic carbocycles. The van der Waals surface area contributed by atoms with Crippen LogP contribution in [-0.2, 0) is 5.41 Å². The van der Waals surface area contributed by atoms with E-state index in [1.165, 1.54) is 11.3 Å². The van der Waals surface area contributed by atoms with Crippen molar-refractivity contribution in [1.82, 2.24) is 0 Å². The molecule has 2 rings (SSSR count). The highest BCUT2D eigenvalue weighted by Crippen LogP contribution is 2.38. The zero-order valence-corrected chi connectivity index (χ0v) is 19.6. The normalized spacial score (nSPS) is 13.4. The molecule has 0 saturated carbocycles. The van der Waals surface area contributed by atoms with Crippen LogP contribution in [0.4, 0.5) is 11.4 Å². The van der Waals surface area contributed by atoms with Gasteiger partial charge in [-0.25, -0.2) is 0 Å². The van der Waals surface area contributed by atoms with Crippen molar-refractivity contribution in [2.45, 2.75) is 39.0 Å².